The van der Waals surface area contributed by atoms with Gasteiger partial charge in [-0.3, -0.25) is 4.98 Å². The van der Waals surface area contributed by atoms with Crippen LogP contribution in [0.5, 0.6) is 5.75 Å². The van der Waals surface area contributed by atoms with Crippen molar-refractivity contribution in [3.05, 3.63) is 65.6 Å². The number of aromatic nitrogens is 3. The zero-order valence-electron chi connectivity index (χ0n) is 16.7. The van der Waals surface area contributed by atoms with Crippen molar-refractivity contribution in [1.82, 2.24) is 15.0 Å². The summed E-state index contributed by atoms with van der Waals surface area (Å²) in [5, 5.41) is 0. The molecule has 0 saturated carbocycles. The summed E-state index contributed by atoms with van der Waals surface area (Å²) in [6, 6.07) is 12.4. The van der Waals surface area contributed by atoms with Crippen molar-refractivity contribution in [3.63, 3.8) is 0 Å². The lowest BCUT2D eigenvalue weighted by Gasteiger charge is -2.28. The van der Waals surface area contributed by atoms with E-state index in [0.717, 1.165) is 48.6 Å². The number of pyridine rings is 1. The monoisotopic (exact) mass is 374 g/mol. The molecule has 0 amide bonds. The number of para-hydroxylation sites is 1. The van der Waals surface area contributed by atoms with Crippen LogP contribution in [0, 0.1) is 0 Å². The third kappa shape index (κ3) is 3.57. The van der Waals surface area contributed by atoms with E-state index in [-0.39, 0.29) is 6.04 Å². The molecule has 0 spiro atoms. The maximum Gasteiger partial charge on any atom is 0.161 e. The van der Waals surface area contributed by atoms with E-state index in [4.69, 9.17) is 14.7 Å². The average Bonchev–Trinajstić information content (AvgIpc) is 3.22. The molecule has 4 rings (SSSR count). The number of nitrogens with zero attached hydrogens (tertiary/aromatic N) is 4. The van der Waals surface area contributed by atoms with E-state index in [2.05, 4.69) is 36.0 Å². The Kier molecular flexibility index (Phi) is 5.24. The highest BCUT2D eigenvalue weighted by molar-refractivity contribution is 5.61. The first kappa shape index (κ1) is 18.4. The number of aryl methyl sites for hydroxylation is 1. The lowest BCUT2D eigenvalue weighted by molar-refractivity contribution is 0.408. The second kappa shape index (κ2) is 7.97. The van der Waals surface area contributed by atoms with Crippen LogP contribution in [0.1, 0.15) is 30.2 Å². The van der Waals surface area contributed by atoms with E-state index < -0.39 is 0 Å². The number of hydrogen-bond acceptors (Lipinski definition) is 5. The maximum absolute atomic E-state index is 5.53. The van der Waals surface area contributed by atoms with E-state index in [9.17, 15) is 0 Å². The van der Waals surface area contributed by atoms with Crippen LogP contribution >= 0.6 is 0 Å². The van der Waals surface area contributed by atoms with Gasteiger partial charge >= 0.3 is 0 Å². The van der Waals surface area contributed by atoms with Crippen molar-refractivity contribution in [2.75, 3.05) is 19.1 Å². The van der Waals surface area contributed by atoms with Crippen molar-refractivity contribution >= 4 is 5.82 Å². The molecule has 5 heteroatoms. The lowest BCUT2D eigenvalue weighted by atomic mass is 10.0. The standard InChI is InChI=1S/C23H26N4O/c1-16(15-18-7-4-5-10-21(18)28-3)27(2)23-19-8-6-9-20(19)25-22(26-23)17-11-13-24-14-12-17/h4-5,7,10-14,16H,6,8-9,15H2,1-3H3/t16-/m1/s1. The first-order valence-electron chi connectivity index (χ1n) is 9.82. The molecule has 28 heavy (non-hydrogen) atoms. The van der Waals surface area contributed by atoms with Gasteiger partial charge in [0.2, 0.25) is 0 Å². The summed E-state index contributed by atoms with van der Waals surface area (Å²) >= 11 is 0. The van der Waals surface area contributed by atoms with Gasteiger partial charge in [0.15, 0.2) is 5.82 Å². The summed E-state index contributed by atoms with van der Waals surface area (Å²) in [6.45, 7) is 2.24. The molecule has 0 unspecified atom stereocenters. The Morgan fingerprint density at radius 1 is 1.07 bits per heavy atom. The largest absolute Gasteiger partial charge is 0.496 e. The average molecular weight is 374 g/mol. The lowest BCUT2D eigenvalue weighted by Crippen LogP contribution is -2.32. The van der Waals surface area contributed by atoms with Crippen molar-refractivity contribution < 1.29 is 4.74 Å². The fraction of sp³-hybridized carbons (Fsp3) is 0.348. The summed E-state index contributed by atoms with van der Waals surface area (Å²) in [7, 11) is 3.86. The zero-order valence-corrected chi connectivity index (χ0v) is 16.7. The van der Waals surface area contributed by atoms with Crippen LogP contribution in [-0.4, -0.2) is 35.2 Å². The van der Waals surface area contributed by atoms with E-state index >= 15 is 0 Å². The summed E-state index contributed by atoms with van der Waals surface area (Å²) in [4.78, 5) is 16.2. The molecular weight excluding hydrogens is 348 g/mol. The summed E-state index contributed by atoms with van der Waals surface area (Å²) in [5.74, 6) is 2.78. The smallest absolute Gasteiger partial charge is 0.161 e. The Morgan fingerprint density at radius 2 is 1.86 bits per heavy atom. The minimum Gasteiger partial charge on any atom is -0.496 e. The molecule has 1 aliphatic rings. The minimum atomic E-state index is 0.279. The number of likely N-dealkylation sites (N-methyl/N-ethyl adjacent to an activating group) is 1. The number of ether oxygens (including phenoxy) is 1. The molecule has 0 bridgehead atoms. The fourth-order valence-electron chi connectivity index (χ4n) is 3.87. The predicted octanol–water partition coefficient (Wildman–Crippen LogP) is 4.10. The number of anilines is 1. The van der Waals surface area contributed by atoms with Crippen LogP contribution in [0.3, 0.4) is 0 Å². The first-order chi connectivity index (χ1) is 13.7. The molecule has 1 aliphatic carbocycles. The van der Waals surface area contributed by atoms with Crippen molar-refractivity contribution in [3.8, 4) is 17.1 Å². The Hall–Kier alpha value is -2.95. The Balaban J connectivity index is 1.67. The van der Waals surface area contributed by atoms with Crippen LogP contribution in [-0.2, 0) is 19.3 Å². The molecule has 0 aliphatic heterocycles. The van der Waals surface area contributed by atoms with Gasteiger partial charge in [-0.1, -0.05) is 18.2 Å². The Bertz CT molecular complexity index is 958. The molecule has 1 aromatic carbocycles. The normalized spacial score (nSPS) is 13.8. The molecule has 1 atom stereocenters. The van der Waals surface area contributed by atoms with Crippen molar-refractivity contribution in [1.29, 1.82) is 0 Å². The molecule has 5 nitrogen and oxygen atoms in total. The van der Waals surface area contributed by atoms with Gasteiger partial charge in [-0.2, -0.15) is 0 Å². The highest BCUT2D eigenvalue weighted by Gasteiger charge is 2.24. The summed E-state index contributed by atoms with van der Waals surface area (Å²) in [5.41, 5.74) is 4.71. The topological polar surface area (TPSA) is 51.1 Å². The first-order valence-corrected chi connectivity index (χ1v) is 9.82. The molecule has 0 radical (unpaired) electrons. The van der Waals surface area contributed by atoms with E-state index in [1.54, 1.807) is 19.5 Å². The molecule has 2 heterocycles. The predicted molar refractivity (Wildman–Crippen MR) is 112 cm³/mol. The highest BCUT2D eigenvalue weighted by atomic mass is 16.5. The second-order valence-corrected chi connectivity index (χ2v) is 7.36. The van der Waals surface area contributed by atoms with Crippen molar-refractivity contribution in [2.24, 2.45) is 0 Å². The molecular formula is C23H26N4O. The number of benzene rings is 1. The van der Waals surface area contributed by atoms with Gasteiger partial charge < -0.3 is 9.64 Å². The van der Waals surface area contributed by atoms with Crippen LogP contribution in [0.15, 0.2) is 48.8 Å². The number of rotatable bonds is 6. The molecule has 0 N–H and O–H groups in total. The van der Waals surface area contributed by atoms with Gasteiger partial charge in [-0.25, -0.2) is 9.97 Å². The van der Waals surface area contributed by atoms with Crippen molar-refractivity contribution in [2.45, 2.75) is 38.6 Å². The SMILES string of the molecule is COc1ccccc1C[C@@H](C)N(C)c1nc(-c2ccncc2)nc2c1CCC2. The third-order valence-corrected chi connectivity index (χ3v) is 5.55. The summed E-state index contributed by atoms with van der Waals surface area (Å²) < 4.78 is 5.53. The van der Waals surface area contributed by atoms with Gasteiger partial charge in [0.05, 0.1) is 7.11 Å². The van der Waals surface area contributed by atoms with Gasteiger partial charge in [0.1, 0.15) is 11.6 Å². The Labute approximate surface area is 166 Å². The molecule has 2 aromatic heterocycles. The molecule has 0 saturated heterocycles. The molecule has 144 valence electrons. The van der Waals surface area contributed by atoms with E-state index in [1.807, 2.05) is 24.3 Å². The van der Waals surface area contributed by atoms with Crippen LogP contribution in [0.2, 0.25) is 0 Å². The van der Waals surface area contributed by atoms with Gasteiger partial charge in [0, 0.05) is 42.3 Å². The quantitative estimate of drug-likeness (QED) is 0.650. The zero-order chi connectivity index (χ0) is 19.5. The van der Waals surface area contributed by atoms with Crippen LogP contribution in [0.4, 0.5) is 5.82 Å². The maximum atomic E-state index is 5.53. The second-order valence-electron chi connectivity index (χ2n) is 7.36. The number of fused-ring (bicyclic) bond motifs is 1. The van der Waals surface area contributed by atoms with Crippen LogP contribution < -0.4 is 9.64 Å². The van der Waals surface area contributed by atoms with E-state index in [1.165, 1.54) is 16.8 Å². The van der Waals surface area contributed by atoms with E-state index in [0.29, 0.717) is 0 Å². The fourth-order valence-corrected chi connectivity index (χ4v) is 3.87. The van der Waals surface area contributed by atoms with Gasteiger partial charge in [0.25, 0.3) is 0 Å². The minimum absolute atomic E-state index is 0.279. The summed E-state index contributed by atoms with van der Waals surface area (Å²) in [6.07, 6.45) is 7.69. The Morgan fingerprint density at radius 3 is 2.64 bits per heavy atom. The number of hydrogen-bond donors (Lipinski definition) is 0. The molecule has 0 fully saturated rings. The number of methoxy groups -OCH3 is 1. The molecule has 3 aromatic rings. The van der Waals surface area contributed by atoms with Gasteiger partial charge in [-0.15, -0.1) is 0 Å². The highest BCUT2D eigenvalue weighted by Crippen LogP contribution is 2.32. The third-order valence-electron chi connectivity index (χ3n) is 5.55. The van der Waals surface area contributed by atoms with Gasteiger partial charge in [-0.05, 0) is 56.4 Å². The van der Waals surface area contributed by atoms with Crippen LogP contribution in [0.25, 0.3) is 11.4 Å².